The first kappa shape index (κ1) is 36.6. The molecular formula is Cl2NbTa+8. The molecule has 4 heavy (non-hydrogen) atoms. The Morgan fingerprint density at radius 2 is 0.750 bits per heavy atom. The third-order valence-electron chi connectivity index (χ3n) is 0. The second-order valence-corrected chi connectivity index (χ2v) is 0. The fourth-order valence-electron chi connectivity index (χ4n) is 0. The minimum Gasteiger partial charge on any atom is -1.00 e. The molecule has 0 N–H and O–H groups in total. The van der Waals surface area contributed by atoms with Crippen LogP contribution in [0.5, 0.6) is 0 Å². The third-order valence-corrected chi connectivity index (χ3v) is 0. The van der Waals surface area contributed by atoms with E-state index < -0.39 is 0 Å². The van der Waals surface area contributed by atoms with E-state index in [1.165, 1.54) is 0 Å². The van der Waals surface area contributed by atoms with Crippen molar-refractivity contribution in [3.8, 4) is 0 Å². The van der Waals surface area contributed by atoms with Crippen LogP contribution in [-0.2, 0) is 44.8 Å². The Morgan fingerprint density at radius 1 is 0.750 bits per heavy atom. The number of hydrogen-bond acceptors (Lipinski definition) is 0. The maximum Gasteiger partial charge on any atom is 5.00 e. The largest absolute Gasteiger partial charge is 5.00 e. The predicted octanol–water partition coefficient (Wildman–Crippen LogP) is -6.00. The molecule has 0 saturated carbocycles. The van der Waals surface area contributed by atoms with Crippen molar-refractivity contribution in [2.24, 2.45) is 0 Å². The fourth-order valence-corrected chi connectivity index (χ4v) is 0. The summed E-state index contributed by atoms with van der Waals surface area (Å²) in [5, 5.41) is 0. The van der Waals surface area contributed by atoms with Crippen molar-refractivity contribution < 1.29 is 69.6 Å². The van der Waals surface area contributed by atoms with E-state index in [1.54, 1.807) is 0 Å². The van der Waals surface area contributed by atoms with E-state index in [9.17, 15) is 0 Å². The van der Waals surface area contributed by atoms with Gasteiger partial charge in [-0.05, 0) is 0 Å². The Balaban J connectivity index is 0. The molecule has 0 radical (unpaired) electrons. The Labute approximate surface area is 68.9 Å². The third kappa shape index (κ3) is 8.96. The van der Waals surface area contributed by atoms with Gasteiger partial charge >= 0.3 is 44.8 Å². The van der Waals surface area contributed by atoms with Crippen molar-refractivity contribution in [1.82, 2.24) is 0 Å². The SMILES string of the molecule is [Cl-].[Cl-].[Nb+5].[Ta+5]. The number of hydrogen-bond donors (Lipinski definition) is 0. The molecule has 0 aliphatic rings. The first-order chi connectivity index (χ1) is 0. The Bertz CT molecular complexity index is 6.00. The van der Waals surface area contributed by atoms with Crippen LogP contribution in [0.4, 0.5) is 0 Å². The van der Waals surface area contributed by atoms with Crippen LogP contribution in [0, 0.1) is 0 Å². The minimum absolute atomic E-state index is 0. The van der Waals surface area contributed by atoms with Crippen LogP contribution in [0.25, 0.3) is 0 Å². The average Bonchev–Trinajstić information content (AvgIpc) is 0. The fraction of sp³-hybridized carbons (Fsp3) is 0. The summed E-state index contributed by atoms with van der Waals surface area (Å²) >= 11 is 0. The van der Waals surface area contributed by atoms with Crippen LogP contribution in [0.3, 0.4) is 0 Å². The molecule has 0 aromatic heterocycles. The van der Waals surface area contributed by atoms with E-state index >= 15 is 0 Å². The Hall–Kier alpha value is 2.06. The van der Waals surface area contributed by atoms with Gasteiger partial charge < -0.3 is 24.8 Å². The molecule has 0 aromatic rings. The first-order valence-electron chi connectivity index (χ1n) is 0. The van der Waals surface area contributed by atoms with Gasteiger partial charge in [-0.2, -0.15) is 0 Å². The van der Waals surface area contributed by atoms with Gasteiger partial charge in [0.05, 0.1) is 0 Å². The summed E-state index contributed by atoms with van der Waals surface area (Å²) in [6.45, 7) is 0. The van der Waals surface area contributed by atoms with Crippen molar-refractivity contribution in [2.75, 3.05) is 0 Å². The second kappa shape index (κ2) is 19.7. The van der Waals surface area contributed by atoms with Crippen LogP contribution in [0.1, 0.15) is 0 Å². The minimum atomic E-state index is 0. The van der Waals surface area contributed by atoms with Gasteiger partial charge in [0.2, 0.25) is 0 Å². The molecule has 0 saturated heterocycles. The van der Waals surface area contributed by atoms with E-state index in [0.29, 0.717) is 0 Å². The zero-order valence-electron chi connectivity index (χ0n) is 1.65. The maximum atomic E-state index is 0. The molecule has 0 bridgehead atoms. The summed E-state index contributed by atoms with van der Waals surface area (Å²) in [7, 11) is 0. The second-order valence-electron chi connectivity index (χ2n) is 0. The van der Waals surface area contributed by atoms with Crippen molar-refractivity contribution >= 4 is 0 Å². The maximum absolute atomic E-state index is 0. The van der Waals surface area contributed by atoms with E-state index in [4.69, 9.17) is 0 Å². The molecule has 0 unspecified atom stereocenters. The van der Waals surface area contributed by atoms with Crippen LogP contribution >= 0.6 is 0 Å². The smallest absolute Gasteiger partial charge is 1.00 e. The molecule has 16 valence electrons. The van der Waals surface area contributed by atoms with Gasteiger partial charge in [-0.15, -0.1) is 0 Å². The van der Waals surface area contributed by atoms with E-state index in [0.717, 1.165) is 0 Å². The molecule has 0 aliphatic carbocycles. The zero-order valence-corrected chi connectivity index (χ0v) is 8.57. The Morgan fingerprint density at radius 3 is 0.750 bits per heavy atom. The molecule has 0 fully saturated rings. The molecule has 0 nitrogen and oxygen atoms in total. The summed E-state index contributed by atoms with van der Waals surface area (Å²) in [5.41, 5.74) is 0. The van der Waals surface area contributed by atoms with E-state index in [1.807, 2.05) is 0 Å². The van der Waals surface area contributed by atoms with Gasteiger partial charge in [0.15, 0.2) is 0 Å². The molecule has 0 atom stereocenters. The molecule has 0 aliphatic heterocycles. The predicted molar refractivity (Wildman–Crippen MR) is 0 cm³/mol. The van der Waals surface area contributed by atoms with Crippen molar-refractivity contribution in [3.05, 3.63) is 0 Å². The first-order valence-corrected chi connectivity index (χ1v) is 0. The molecule has 0 rings (SSSR count). The van der Waals surface area contributed by atoms with Crippen LogP contribution in [0.2, 0.25) is 0 Å². The molecule has 0 amide bonds. The van der Waals surface area contributed by atoms with E-state index in [2.05, 4.69) is 0 Å². The van der Waals surface area contributed by atoms with Gasteiger partial charge in [-0.25, -0.2) is 0 Å². The summed E-state index contributed by atoms with van der Waals surface area (Å²) in [6, 6.07) is 0. The van der Waals surface area contributed by atoms with Crippen LogP contribution < -0.4 is 24.8 Å². The zero-order chi connectivity index (χ0) is 0. The van der Waals surface area contributed by atoms with Gasteiger partial charge in [-0.1, -0.05) is 0 Å². The summed E-state index contributed by atoms with van der Waals surface area (Å²) < 4.78 is 0. The van der Waals surface area contributed by atoms with E-state index in [-0.39, 0.29) is 69.6 Å². The van der Waals surface area contributed by atoms with Crippen molar-refractivity contribution in [2.45, 2.75) is 0 Å². The molecule has 4 heteroatoms. The van der Waals surface area contributed by atoms with Crippen LogP contribution in [-0.4, -0.2) is 0 Å². The van der Waals surface area contributed by atoms with Crippen molar-refractivity contribution in [1.29, 1.82) is 0 Å². The molecule has 0 aromatic carbocycles. The molecular weight excluding hydrogens is 345 g/mol. The monoisotopic (exact) mass is 344 g/mol. The molecule has 0 heterocycles. The average molecular weight is 345 g/mol. The van der Waals surface area contributed by atoms with Gasteiger partial charge in [0, 0.05) is 0 Å². The molecule has 0 spiro atoms. The van der Waals surface area contributed by atoms with Gasteiger partial charge in [0.25, 0.3) is 0 Å². The van der Waals surface area contributed by atoms with Gasteiger partial charge in [-0.3, -0.25) is 0 Å². The number of rotatable bonds is 0. The van der Waals surface area contributed by atoms with Crippen molar-refractivity contribution in [3.63, 3.8) is 0 Å². The summed E-state index contributed by atoms with van der Waals surface area (Å²) in [4.78, 5) is 0. The summed E-state index contributed by atoms with van der Waals surface area (Å²) in [6.07, 6.45) is 0. The van der Waals surface area contributed by atoms with Crippen LogP contribution in [0.15, 0.2) is 0 Å². The summed E-state index contributed by atoms with van der Waals surface area (Å²) in [5.74, 6) is 0. The Kier molecular flexibility index (Phi) is 180. The quantitative estimate of drug-likeness (QED) is 0.384. The topological polar surface area (TPSA) is 0 Å². The standard InChI is InChI=1S/2ClH.Nb.Ta/h2*1H;;/q;;2*+5/p-2. The number of halogens is 2. The van der Waals surface area contributed by atoms with Gasteiger partial charge in [0.1, 0.15) is 0 Å². The normalized spacial score (nSPS) is 0.